The zero-order valence-electron chi connectivity index (χ0n) is 16.8. The van der Waals surface area contributed by atoms with Gasteiger partial charge < -0.3 is 15.7 Å². The van der Waals surface area contributed by atoms with Gasteiger partial charge in [-0.25, -0.2) is 14.5 Å². The molecule has 3 heterocycles. The van der Waals surface area contributed by atoms with E-state index in [1.165, 1.54) is 19.2 Å². The molecule has 3 aromatic rings. The number of hydrogen-bond acceptors (Lipinski definition) is 6. The molecule has 0 saturated heterocycles. The maximum atomic E-state index is 13.3. The van der Waals surface area contributed by atoms with Crippen molar-refractivity contribution in [2.75, 3.05) is 5.73 Å². The van der Waals surface area contributed by atoms with Crippen LogP contribution < -0.4 is 5.73 Å². The lowest BCUT2D eigenvalue weighted by atomic mass is 9.88. The summed E-state index contributed by atoms with van der Waals surface area (Å²) < 4.78 is 1.64. The van der Waals surface area contributed by atoms with Crippen LogP contribution in [0.3, 0.4) is 0 Å². The molecule has 8 heteroatoms. The van der Waals surface area contributed by atoms with Crippen LogP contribution in [-0.4, -0.2) is 41.5 Å². The first-order valence-corrected chi connectivity index (χ1v) is 9.91. The van der Waals surface area contributed by atoms with E-state index in [0.29, 0.717) is 35.1 Å². The summed E-state index contributed by atoms with van der Waals surface area (Å²) in [6, 6.07) is 4.07. The summed E-state index contributed by atoms with van der Waals surface area (Å²) in [5.41, 5.74) is 8.97. The number of nitrogens with two attached hydrogens (primary N) is 1. The Morgan fingerprint density at radius 1 is 1.28 bits per heavy atom. The highest BCUT2D eigenvalue weighted by atomic mass is 16.3. The minimum atomic E-state index is -1.16. The fourth-order valence-electron chi connectivity index (χ4n) is 4.30. The van der Waals surface area contributed by atoms with Gasteiger partial charge in [-0.2, -0.15) is 5.10 Å². The summed E-state index contributed by atoms with van der Waals surface area (Å²) in [5.74, 6) is 0.888. The van der Waals surface area contributed by atoms with Gasteiger partial charge in [0, 0.05) is 18.2 Å². The number of nitrogens with zero attached hydrogens (tertiary/aromatic N) is 5. The lowest BCUT2D eigenvalue weighted by Gasteiger charge is -2.25. The van der Waals surface area contributed by atoms with E-state index in [1.54, 1.807) is 24.6 Å². The molecule has 1 aromatic carbocycles. The number of anilines is 1. The van der Waals surface area contributed by atoms with Gasteiger partial charge in [-0.15, -0.1) is 0 Å². The highest BCUT2D eigenvalue weighted by molar-refractivity contribution is 6.01. The normalized spacial score (nSPS) is 17.8. The molecule has 0 radical (unpaired) electrons. The Labute approximate surface area is 168 Å². The Hall–Kier alpha value is -3.00. The van der Waals surface area contributed by atoms with Gasteiger partial charge in [0.15, 0.2) is 11.5 Å². The predicted octanol–water partition coefficient (Wildman–Crippen LogP) is 2.36. The number of amides is 1. The summed E-state index contributed by atoms with van der Waals surface area (Å²) in [7, 11) is 0. The number of nitrogen functional groups attached to an aromatic ring is 1. The zero-order valence-corrected chi connectivity index (χ0v) is 16.8. The van der Waals surface area contributed by atoms with E-state index in [0.717, 1.165) is 16.8 Å². The molecular weight excluding hydrogens is 368 g/mol. The second-order valence-corrected chi connectivity index (χ2v) is 8.65. The second kappa shape index (κ2) is 6.00. The summed E-state index contributed by atoms with van der Waals surface area (Å²) in [5, 5.41) is 15.1. The van der Waals surface area contributed by atoms with Gasteiger partial charge in [-0.1, -0.05) is 0 Å². The molecule has 0 bridgehead atoms. The number of hydrogen-bond donors (Lipinski definition) is 2. The molecule has 1 fully saturated rings. The molecule has 0 spiro atoms. The van der Waals surface area contributed by atoms with Crippen LogP contribution in [0.1, 0.15) is 55.1 Å². The van der Waals surface area contributed by atoms with Gasteiger partial charge >= 0.3 is 0 Å². The van der Waals surface area contributed by atoms with Gasteiger partial charge in [0.1, 0.15) is 6.33 Å². The minimum absolute atomic E-state index is 0.00721. The summed E-state index contributed by atoms with van der Waals surface area (Å²) >= 11 is 0. The Balaban J connectivity index is 1.67. The smallest absolute Gasteiger partial charge is 0.255 e. The van der Waals surface area contributed by atoms with Crippen LogP contribution in [0.2, 0.25) is 0 Å². The van der Waals surface area contributed by atoms with Gasteiger partial charge in [0.2, 0.25) is 0 Å². The Morgan fingerprint density at radius 2 is 2.03 bits per heavy atom. The third-order valence-electron chi connectivity index (χ3n) is 6.12. The monoisotopic (exact) mass is 392 g/mol. The SMILES string of the molecule is CC(C1CC1)N1Cc2cc(-c3cnc4c(N)ncnn34)cc(C(C)(C)O)c2C1=O. The summed E-state index contributed by atoms with van der Waals surface area (Å²) in [6.07, 6.45) is 5.43. The van der Waals surface area contributed by atoms with Crippen molar-refractivity contribution in [1.82, 2.24) is 24.5 Å². The van der Waals surface area contributed by atoms with E-state index in [9.17, 15) is 9.90 Å². The molecule has 1 atom stereocenters. The van der Waals surface area contributed by atoms with Crippen LogP contribution in [0.5, 0.6) is 0 Å². The lowest BCUT2D eigenvalue weighted by molar-refractivity contribution is 0.0648. The van der Waals surface area contributed by atoms with Crippen molar-refractivity contribution in [2.45, 2.75) is 51.8 Å². The first kappa shape index (κ1) is 18.1. The number of benzene rings is 1. The van der Waals surface area contributed by atoms with E-state index >= 15 is 0 Å². The van der Waals surface area contributed by atoms with Crippen LogP contribution >= 0.6 is 0 Å². The maximum Gasteiger partial charge on any atom is 0.255 e. The quantitative estimate of drug-likeness (QED) is 0.705. The largest absolute Gasteiger partial charge is 0.386 e. The number of carbonyl (C=O) groups is 1. The van der Waals surface area contributed by atoms with Gasteiger partial charge in [0.25, 0.3) is 5.91 Å². The van der Waals surface area contributed by atoms with Crippen molar-refractivity contribution in [3.63, 3.8) is 0 Å². The number of rotatable bonds is 4. The molecule has 5 rings (SSSR count). The van der Waals surface area contributed by atoms with E-state index in [1.807, 2.05) is 17.0 Å². The molecule has 1 aliphatic carbocycles. The average Bonchev–Trinajstić information content (AvgIpc) is 3.34. The third-order valence-corrected chi connectivity index (χ3v) is 6.12. The van der Waals surface area contributed by atoms with Gasteiger partial charge in [-0.05, 0) is 62.8 Å². The number of imidazole rings is 1. The van der Waals surface area contributed by atoms with Gasteiger partial charge in [-0.3, -0.25) is 4.79 Å². The zero-order chi connectivity index (χ0) is 20.5. The molecule has 2 aromatic heterocycles. The molecule has 1 saturated carbocycles. The van der Waals surface area contributed by atoms with Crippen LogP contribution in [0, 0.1) is 5.92 Å². The Bertz CT molecular complexity index is 1140. The first-order chi connectivity index (χ1) is 13.8. The maximum absolute atomic E-state index is 13.3. The number of aromatic nitrogens is 4. The fourth-order valence-corrected chi connectivity index (χ4v) is 4.30. The van der Waals surface area contributed by atoms with E-state index in [4.69, 9.17) is 5.73 Å². The van der Waals surface area contributed by atoms with Crippen molar-refractivity contribution in [3.8, 4) is 11.3 Å². The third kappa shape index (κ3) is 2.78. The van der Waals surface area contributed by atoms with Crippen molar-refractivity contribution < 1.29 is 9.90 Å². The number of carbonyl (C=O) groups excluding carboxylic acids is 1. The summed E-state index contributed by atoms with van der Waals surface area (Å²) in [6.45, 7) is 6.09. The summed E-state index contributed by atoms with van der Waals surface area (Å²) in [4.78, 5) is 23.5. The van der Waals surface area contributed by atoms with Crippen LogP contribution in [0.15, 0.2) is 24.7 Å². The molecule has 3 N–H and O–H groups in total. The number of fused-ring (bicyclic) bond motifs is 2. The fraction of sp³-hybridized carbons (Fsp3) is 0.429. The first-order valence-electron chi connectivity index (χ1n) is 9.91. The van der Waals surface area contributed by atoms with E-state index in [2.05, 4.69) is 22.0 Å². The molecule has 1 amide bonds. The predicted molar refractivity (Wildman–Crippen MR) is 108 cm³/mol. The van der Waals surface area contributed by atoms with Crippen molar-refractivity contribution >= 4 is 17.4 Å². The Kier molecular flexibility index (Phi) is 3.73. The molecule has 1 aliphatic heterocycles. The minimum Gasteiger partial charge on any atom is -0.386 e. The topological polar surface area (TPSA) is 110 Å². The molecule has 1 unspecified atom stereocenters. The van der Waals surface area contributed by atoms with Crippen LogP contribution in [-0.2, 0) is 12.1 Å². The molecule has 2 aliphatic rings. The second-order valence-electron chi connectivity index (χ2n) is 8.65. The molecule has 29 heavy (non-hydrogen) atoms. The standard InChI is InChI=1S/C21H24N6O2/c1-11(12-4-5-12)26-9-14-6-13(7-15(21(2,3)29)17(14)20(26)28)16-8-23-19-18(22)24-10-25-27(16)19/h6-8,10-12,29H,4-5,9H2,1-3H3,(H2,22,24,25). The Morgan fingerprint density at radius 3 is 2.72 bits per heavy atom. The lowest BCUT2D eigenvalue weighted by Crippen LogP contribution is -2.35. The highest BCUT2D eigenvalue weighted by Gasteiger charge is 2.41. The van der Waals surface area contributed by atoms with Crippen LogP contribution in [0.4, 0.5) is 5.82 Å². The van der Waals surface area contributed by atoms with Crippen molar-refractivity contribution in [2.24, 2.45) is 5.92 Å². The van der Waals surface area contributed by atoms with Gasteiger partial charge in [0.05, 0.1) is 23.1 Å². The van der Waals surface area contributed by atoms with Crippen molar-refractivity contribution in [1.29, 1.82) is 0 Å². The molecule has 8 nitrogen and oxygen atoms in total. The van der Waals surface area contributed by atoms with E-state index in [-0.39, 0.29) is 11.9 Å². The van der Waals surface area contributed by atoms with Crippen molar-refractivity contribution in [3.05, 3.63) is 41.3 Å². The highest BCUT2D eigenvalue weighted by Crippen LogP contribution is 2.41. The van der Waals surface area contributed by atoms with E-state index < -0.39 is 5.60 Å². The number of aliphatic hydroxyl groups is 1. The van der Waals surface area contributed by atoms with Crippen LogP contribution in [0.25, 0.3) is 16.9 Å². The molecule has 150 valence electrons. The molecular formula is C21H24N6O2. The average molecular weight is 392 g/mol.